The van der Waals surface area contributed by atoms with E-state index in [0.29, 0.717) is 29.4 Å². The first-order chi connectivity index (χ1) is 8.56. The van der Waals surface area contributed by atoms with Gasteiger partial charge in [0.25, 0.3) is 0 Å². The first kappa shape index (κ1) is 13.1. The second kappa shape index (κ2) is 5.54. The topological polar surface area (TPSA) is 64.1 Å². The second-order valence-electron chi connectivity index (χ2n) is 4.49. The Balaban J connectivity index is 2.03. The van der Waals surface area contributed by atoms with Crippen LogP contribution in [0, 0.1) is 12.8 Å². The van der Waals surface area contributed by atoms with Crippen molar-refractivity contribution >= 4 is 11.6 Å². The molecule has 0 fully saturated rings. The lowest BCUT2D eigenvalue weighted by atomic mass is 10.0. The van der Waals surface area contributed by atoms with Crippen LogP contribution in [0.15, 0.2) is 21.1 Å². The lowest BCUT2D eigenvalue weighted by molar-refractivity contribution is 0.281. The van der Waals surface area contributed by atoms with E-state index < -0.39 is 0 Å². The number of aryl methyl sites for hydroxylation is 1. The quantitative estimate of drug-likeness (QED) is 0.903. The molecular weight excluding hydrogens is 254 g/mol. The lowest BCUT2D eigenvalue weighted by Gasteiger charge is -2.17. The van der Waals surface area contributed by atoms with Gasteiger partial charge in [0.1, 0.15) is 5.76 Å². The molecule has 98 valence electrons. The molecule has 0 spiro atoms. The van der Waals surface area contributed by atoms with Crippen LogP contribution in [0.5, 0.6) is 0 Å². The van der Waals surface area contributed by atoms with Crippen LogP contribution in [0.1, 0.15) is 37.4 Å². The van der Waals surface area contributed by atoms with E-state index in [9.17, 15) is 0 Å². The summed E-state index contributed by atoms with van der Waals surface area (Å²) in [5, 5.41) is 7.53. The number of hydrogen-bond acceptors (Lipinski definition) is 5. The number of furan rings is 1. The molecule has 0 aliphatic heterocycles. The zero-order chi connectivity index (χ0) is 13.1. The molecule has 0 amide bonds. The van der Waals surface area contributed by atoms with Gasteiger partial charge in [-0.15, -0.1) is 0 Å². The van der Waals surface area contributed by atoms with Gasteiger partial charge >= 0.3 is 0 Å². The van der Waals surface area contributed by atoms with Gasteiger partial charge in [0.2, 0.25) is 5.89 Å². The molecular formula is C12H16ClN3O2. The van der Waals surface area contributed by atoms with Crippen LogP contribution >= 0.6 is 11.6 Å². The number of halogens is 1. The summed E-state index contributed by atoms with van der Waals surface area (Å²) in [7, 11) is 0. The molecule has 0 bridgehead atoms. The summed E-state index contributed by atoms with van der Waals surface area (Å²) in [4.78, 5) is 4.25. The molecule has 0 unspecified atom stereocenters. The Hall–Kier alpha value is -1.33. The molecule has 18 heavy (non-hydrogen) atoms. The fourth-order valence-corrected chi connectivity index (χ4v) is 1.87. The van der Waals surface area contributed by atoms with Gasteiger partial charge in [-0.1, -0.05) is 19.0 Å². The highest BCUT2D eigenvalue weighted by atomic mass is 35.5. The van der Waals surface area contributed by atoms with Crippen LogP contribution in [0.2, 0.25) is 5.22 Å². The molecule has 5 nitrogen and oxygen atoms in total. The van der Waals surface area contributed by atoms with Gasteiger partial charge in [-0.05, 0) is 36.6 Å². The van der Waals surface area contributed by atoms with E-state index in [2.05, 4.69) is 29.3 Å². The second-order valence-corrected chi connectivity index (χ2v) is 4.86. The summed E-state index contributed by atoms with van der Waals surface area (Å²) >= 11 is 5.72. The number of rotatable bonds is 5. The normalized spacial score (nSPS) is 13.2. The molecule has 0 saturated heterocycles. The van der Waals surface area contributed by atoms with E-state index in [1.165, 1.54) is 0 Å². The fourth-order valence-electron chi connectivity index (χ4n) is 1.70. The van der Waals surface area contributed by atoms with E-state index in [0.717, 1.165) is 5.76 Å². The molecule has 1 N–H and O–H groups in total. The number of nitrogens with one attached hydrogen (secondary N) is 1. The first-order valence-corrected chi connectivity index (χ1v) is 6.22. The average Bonchev–Trinajstić information content (AvgIpc) is 2.88. The summed E-state index contributed by atoms with van der Waals surface area (Å²) < 4.78 is 10.5. The van der Waals surface area contributed by atoms with Gasteiger partial charge in [-0.3, -0.25) is 5.32 Å². The van der Waals surface area contributed by atoms with E-state index in [1.807, 2.05) is 6.07 Å². The van der Waals surface area contributed by atoms with Crippen LogP contribution in [0.3, 0.4) is 0 Å². The molecule has 1 atom stereocenters. The maximum atomic E-state index is 5.72. The Labute approximate surface area is 111 Å². The zero-order valence-electron chi connectivity index (χ0n) is 10.6. The highest BCUT2D eigenvalue weighted by Gasteiger charge is 2.21. The Bertz CT molecular complexity index is 507. The standard InChI is InChI=1S/C12H16ClN3O2/c1-7(2)11(12-15-8(3)16-18-12)14-6-9-4-5-10(13)17-9/h4-5,7,11,14H,6H2,1-3H3/t11-/m0/s1. The van der Waals surface area contributed by atoms with Crippen molar-refractivity contribution in [3.8, 4) is 0 Å². The van der Waals surface area contributed by atoms with Crippen molar-refractivity contribution in [2.24, 2.45) is 5.92 Å². The third kappa shape index (κ3) is 3.11. The highest BCUT2D eigenvalue weighted by Crippen LogP contribution is 2.21. The molecule has 6 heteroatoms. The van der Waals surface area contributed by atoms with Crippen molar-refractivity contribution in [3.63, 3.8) is 0 Å². The Morgan fingerprint density at radius 2 is 2.17 bits per heavy atom. The van der Waals surface area contributed by atoms with Gasteiger partial charge in [0.05, 0.1) is 12.6 Å². The maximum Gasteiger partial charge on any atom is 0.244 e. The van der Waals surface area contributed by atoms with Crippen molar-refractivity contribution < 1.29 is 8.94 Å². The van der Waals surface area contributed by atoms with Crippen molar-refractivity contribution in [2.45, 2.75) is 33.4 Å². The van der Waals surface area contributed by atoms with Crippen molar-refractivity contribution in [3.05, 3.63) is 34.8 Å². The Morgan fingerprint density at radius 1 is 1.39 bits per heavy atom. The van der Waals surface area contributed by atoms with Crippen LogP contribution < -0.4 is 5.32 Å². The SMILES string of the molecule is Cc1noc([C@@H](NCc2ccc(Cl)o2)C(C)C)n1. The van der Waals surface area contributed by atoms with Crippen LogP contribution in [0.25, 0.3) is 0 Å². The molecule has 0 radical (unpaired) electrons. The molecule has 2 aromatic rings. The minimum absolute atomic E-state index is 0.00456. The fraction of sp³-hybridized carbons (Fsp3) is 0.500. The number of nitrogens with zero attached hydrogens (tertiary/aromatic N) is 2. The number of aromatic nitrogens is 2. The molecule has 0 aliphatic carbocycles. The maximum absolute atomic E-state index is 5.72. The van der Waals surface area contributed by atoms with E-state index in [1.54, 1.807) is 13.0 Å². The summed E-state index contributed by atoms with van der Waals surface area (Å²) in [6, 6.07) is 3.56. The molecule has 0 saturated carbocycles. The minimum atomic E-state index is -0.00456. The molecule has 0 aliphatic rings. The van der Waals surface area contributed by atoms with Gasteiger partial charge in [0.15, 0.2) is 11.0 Å². The Morgan fingerprint density at radius 3 is 2.67 bits per heavy atom. The lowest BCUT2D eigenvalue weighted by Crippen LogP contribution is -2.25. The van der Waals surface area contributed by atoms with Gasteiger partial charge < -0.3 is 8.94 Å². The molecule has 0 aromatic carbocycles. The van der Waals surface area contributed by atoms with Crippen LogP contribution in [-0.4, -0.2) is 10.1 Å². The largest absolute Gasteiger partial charge is 0.448 e. The highest BCUT2D eigenvalue weighted by molar-refractivity contribution is 6.28. The summed E-state index contributed by atoms with van der Waals surface area (Å²) in [6.45, 7) is 6.55. The predicted octanol–water partition coefficient (Wildman–Crippen LogP) is 3.11. The van der Waals surface area contributed by atoms with Crippen LogP contribution in [-0.2, 0) is 6.54 Å². The van der Waals surface area contributed by atoms with Crippen molar-refractivity contribution in [1.29, 1.82) is 0 Å². The summed E-state index contributed by atoms with van der Waals surface area (Å²) in [5.41, 5.74) is 0. The minimum Gasteiger partial charge on any atom is -0.448 e. The molecule has 2 aromatic heterocycles. The molecule has 2 heterocycles. The van der Waals surface area contributed by atoms with E-state index in [4.69, 9.17) is 20.5 Å². The van der Waals surface area contributed by atoms with Gasteiger partial charge in [-0.2, -0.15) is 4.98 Å². The third-order valence-electron chi connectivity index (χ3n) is 2.60. The van der Waals surface area contributed by atoms with Gasteiger partial charge in [0, 0.05) is 0 Å². The Kier molecular flexibility index (Phi) is 4.04. The predicted molar refractivity (Wildman–Crippen MR) is 67.2 cm³/mol. The third-order valence-corrected chi connectivity index (χ3v) is 2.80. The van der Waals surface area contributed by atoms with Gasteiger partial charge in [-0.25, -0.2) is 0 Å². The van der Waals surface area contributed by atoms with Crippen LogP contribution in [0.4, 0.5) is 0 Å². The summed E-state index contributed by atoms with van der Waals surface area (Å²) in [6.07, 6.45) is 0. The van der Waals surface area contributed by atoms with E-state index in [-0.39, 0.29) is 6.04 Å². The number of hydrogen-bond donors (Lipinski definition) is 1. The van der Waals surface area contributed by atoms with E-state index >= 15 is 0 Å². The monoisotopic (exact) mass is 269 g/mol. The first-order valence-electron chi connectivity index (χ1n) is 5.84. The molecule has 2 rings (SSSR count). The van der Waals surface area contributed by atoms with Crippen molar-refractivity contribution in [1.82, 2.24) is 15.5 Å². The summed E-state index contributed by atoms with van der Waals surface area (Å²) in [5.74, 6) is 2.34. The zero-order valence-corrected chi connectivity index (χ0v) is 11.4. The smallest absolute Gasteiger partial charge is 0.244 e. The average molecular weight is 270 g/mol. The van der Waals surface area contributed by atoms with Crippen molar-refractivity contribution in [2.75, 3.05) is 0 Å².